The summed E-state index contributed by atoms with van der Waals surface area (Å²) in [5, 5.41) is 11.0. The molecule has 0 spiro atoms. The summed E-state index contributed by atoms with van der Waals surface area (Å²) in [5.74, 6) is 0.753. The number of guanidine groups is 1. The normalized spacial score (nSPS) is 11.3. The Kier molecular flexibility index (Phi) is 7.81. The van der Waals surface area contributed by atoms with Crippen LogP contribution in [0.15, 0.2) is 72.0 Å². The van der Waals surface area contributed by atoms with Gasteiger partial charge in [-0.05, 0) is 41.8 Å². The lowest BCUT2D eigenvalue weighted by Gasteiger charge is -2.14. The monoisotopic (exact) mass is 418 g/mol. The number of carbonyl (C=O) groups excluding carboxylic acids is 1. The van der Waals surface area contributed by atoms with E-state index in [4.69, 9.17) is 4.99 Å². The number of benzene rings is 2. The number of hydrogen-bond acceptors (Lipinski definition) is 3. The van der Waals surface area contributed by atoms with Crippen LogP contribution in [0.4, 0.5) is 0 Å². The number of hydrogen-bond donors (Lipinski definition) is 2. The first-order valence-electron chi connectivity index (χ1n) is 10.4. The average molecular weight is 419 g/mol. The lowest BCUT2D eigenvalue weighted by atomic mass is 10.1. The van der Waals surface area contributed by atoms with Gasteiger partial charge in [0.25, 0.3) is 5.91 Å². The quantitative estimate of drug-likeness (QED) is 0.436. The molecule has 0 radical (unpaired) electrons. The third-order valence-electron chi connectivity index (χ3n) is 4.83. The van der Waals surface area contributed by atoms with E-state index < -0.39 is 0 Å². The van der Waals surface area contributed by atoms with Gasteiger partial charge < -0.3 is 15.5 Å². The Morgan fingerprint density at radius 3 is 2.42 bits per heavy atom. The zero-order valence-corrected chi connectivity index (χ0v) is 18.4. The lowest BCUT2D eigenvalue weighted by Crippen LogP contribution is -2.37. The summed E-state index contributed by atoms with van der Waals surface area (Å²) in [7, 11) is 3.50. The molecular formula is C24H30N6O. The van der Waals surface area contributed by atoms with Crippen LogP contribution in [0.1, 0.15) is 34.0 Å². The number of aromatic nitrogens is 2. The predicted octanol–water partition coefficient (Wildman–Crippen LogP) is 2.89. The fraction of sp³-hybridized carbons (Fsp3) is 0.292. The molecule has 0 aliphatic rings. The molecule has 7 nitrogen and oxygen atoms in total. The van der Waals surface area contributed by atoms with E-state index in [0.29, 0.717) is 18.7 Å². The predicted molar refractivity (Wildman–Crippen MR) is 124 cm³/mol. The molecule has 1 amide bonds. The second-order valence-electron chi connectivity index (χ2n) is 7.42. The Bertz CT molecular complexity index is 993. The second kappa shape index (κ2) is 11.0. The summed E-state index contributed by atoms with van der Waals surface area (Å²) in [6, 6.07) is 17.9. The minimum Gasteiger partial charge on any atom is -0.357 e. The van der Waals surface area contributed by atoms with Crippen molar-refractivity contribution in [1.29, 1.82) is 0 Å². The van der Waals surface area contributed by atoms with Gasteiger partial charge in [-0.2, -0.15) is 5.10 Å². The van der Waals surface area contributed by atoms with Crippen molar-refractivity contribution in [3.05, 3.63) is 89.2 Å². The van der Waals surface area contributed by atoms with Crippen LogP contribution in [0.25, 0.3) is 0 Å². The Morgan fingerprint density at radius 1 is 1.03 bits per heavy atom. The van der Waals surface area contributed by atoms with Gasteiger partial charge in [-0.3, -0.25) is 9.48 Å². The molecule has 2 aromatic carbocycles. The Balaban J connectivity index is 1.64. The maximum atomic E-state index is 12.0. The molecule has 0 bridgehead atoms. The molecule has 2 N–H and O–H groups in total. The summed E-state index contributed by atoms with van der Waals surface area (Å²) in [5.41, 5.74) is 4.15. The molecule has 31 heavy (non-hydrogen) atoms. The Hall–Kier alpha value is -3.61. The molecule has 0 unspecified atom stereocenters. The maximum Gasteiger partial charge on any atom is 0.253 e. The molecule has 7 heteroatoms. The highest BCUT2D eigenvalue weighted by Crippen LogP contribution is 2.11. The number of nitrogens with one attached hydrogen (secondary N) is 2. The Morgan fingerprint density at radius 2 is 1.77 bits per heavy atom. The standard InChI is InChI=1S/C24H30N6O/c1-4-25-24(26-16-19-10-12-20(13-11-19)23(31)29(2)3)27-17-21-8-5-6-9-22(21)18-30-15-7-14-28-30/h5-15H,4,16-18H2,1-3H3,(H2,25,26,27). The number of carbonyl (C=O) groups is 1. The van der Waals surface area contributed by atoms with E-state index in [1.807, 2.05) is 60.3 Å². The summed E-state index contributed by atoms with van der Waals surface area (Å²) in [4.78, 5) is 18.3. The molecule has 3 rings (SSSR count). The van der Waals surface area contributed by atoms with Gasteiger partial charge in [-0.25, -0.2) is 4.99 Å². The first-order chi connectivity index (χ1) is 15.1. The summed E-state index contributed by atoms with van der Waals surface area (Å²) in [6.07, 6.45) is 3.76. The molecule has 0 aliphatic carbocycles. The Labute approximate surface area is 183 Å². The van der Waals surface area contributed by atoms with Crippen molar-refractivity contribution in [3.8, 4) is 0 Å². The number of nitrogens with zero attached hydrogens (tertiary/aromatic N) is 4. The van der Waals surface area contributed by atoms with Crippen LogP contribution in [-0.4, -0.2) is 47.2 Å². The van der Waals surface area contributed by atoms with Crippen molar-refractivity contribution >= 4 is 11.9 Å². The van der Waals surface area contributed by atoms with Crippen molar-refractivity contribution < 1.29 is 4.79 Å². The largest absolute Gasteiger partial charge is 0.357 e. The third kappa shape index (κ3) is 6.44. The molecule has 0 atom stereocenters. The highest BCUT2D eigenvalue weighted by molar-refractivity contribution is 5.93. The summed E-state index contributed by atoms with van der Waals surface area (Å²) < 4.78 is 1.92. The van der Waals surface area contributed by atoms with Crippen molar-refractivity contribution in [3.63, 3.8) is 0 Å². The van der Waals surface area contributed by atoms with E-state index in [-0.39, 0.29) is 5.91 Å². The van der Waals surface area contributed by atoms with Gasteiger partial charge in [0.1, 0.15) is 0 Å². The van der Waals surface area contributed by atoms with Crippen LogP contribution in [0, 0.1) is 0 Å². The third-order valence-corrected chi connectivity index (χ3v) is 4.83. The fourth-order valence-corrected chi connectivity index (χ4v) is 3.15. The first kappa shape index (κ1) is 22.1. The van der Waals surface area contributed by atoms with Gasteiger partial charge in [-0.1, -0.05) is 36.4 Å². The molecule has 0 saturated heterocycles. The van der Waals surface area contributed by atoms with Gasteiger partial charge in [0.2, 0.25) is 0 Å². The number of rotatable bonds is 8. The van der Waals surface area contributed by atoms with E-state index >= 15 is 0 Å². The zero-order valence-electron chi connectivity index (χ0n) is 18.4. The molecule has 162 valence electrons. The van der Waals surface area contributed by atoms with Crippen LogP contribution in [-0.2, 0) is 19.6 Å². The van der Waals surface area contributed by atoms with Crippen molar-refractivity contribution in [2.24, 2.45) is 4.99 Å². The average Bonchev–Trinajstić information content (AvgIpc) is 3.29. The molecule has 3 aromatic rings. The molecule has 0 fully saturated rings. The van der Waals surface area contributed by atoms with Crippen molar-refractivity contribution in [2.45, 2.75) is 26.6 Å². The minimum absolute atomic E-state index is 0.00108. The molecule has 1 aromatic heterocycles. The first-order valence-corrected chi connectivity index (χ1v) is 10.4. The zero-order chi connectivity index (χ0) is 22.1. The molecular weight excluding hydrogens is 388 g/mol. The van der Waals surface area contributed by atoms with Crippen molar-refractivity contribution in [1.82, 2.24) is 25.3 Å². The van der Waals surface area contributed by atoms with Gasteiger partial charge in [0, 0.05) is 45.1 Å². The lowest BCUT2D eigenvalue weighted by molar-refractivity contribution is 0.0827. The van der Waals surface area contributed by atoms with Gasteiger partial charge in [-0.15, -0.1) is 0 Å². The van der Waals surface area contributed by atoms with E-state index in [0.717, 1.165) is 24.6 Å². The molecule has 0 saturated carbocycles. The van der Waals surface area contributed by atoms with Gasteiger partial charge in [0.05, 0.1) is 13.1 Å². The summed E-state index contributed by atoms with van der Waals surface area (Å²) in [6.45, 7) is 4.75. The molecule has 1 heterocycles. The topological polar surface area (TPSA) is 74.6 Å². The number of amides is 1. The maximum absolute atomic E-state index is 12.0. The van der Waals surface area contributed by atoms with Crippen molar-refractivity contribution in [2.75, 3.05) is 20.6 Å². The van der Waals surface area contributed by atoms with Gasteiger partial charge >= 0.3 is 0 Å². The summed E-state index contributed by atoms with van der Waals surface area (Å²) >= 11 is 0. The minimum atomic E-state index is -0.00108. The highest BCUT2D eigenvalue weighted by atomic mass is 16.2. The second-order valence-corrected chi connectivity index (χ2v) is 7.42. The van der Waals surface area contributed by atoms with Crippen LogP contribution in [0.3, 0.4) is 0 Å². The van der Waals surface area contributed by atoms with Gasteiger partial charge in [0.15, 0.2) is 5.96 Å². The van der Waals surface area contributed by atoms with Crippen LogP contribution < -0.4 is 10.6 Å². The van der Waals surface area contributed by atoms with Crippen LogP contribution in [0.2, 0.25) is 0 Å². The number of aliphatic imine (C=N–C) groups is 1. The van der Waals surface area contributed by atoms with E-state index in [2.05, 4.69) is 27.9 Å². The van der Waals surface area contributed by atoms with Crippen LogP contribution in [0.5, 0.6) is 0 Å². The van der Waals surface area contributed by atoms with E-state index in [9.17, 15) is 4.79 Å². The highest BCUT2D eigenvalue weighted by Gasteiger charge is 2.08. The smallest absolute Gasteiger partial charge is 0.253 e. The SMILES string of the molecule is CCNC(=NCc1ccc(C(=O)N(C)C)cc1)NCc1ccccc1Cn1cccn1. The van der Waals surface area contributed by atoms with E-state index in [1.165, 1.54) is 11.1 Å². The molecule has 0 aliphatic heterocycles. The van der Waals surface area contributed by atoms with Crippen LogP contribution >= 0.6 is 0 Å². The fourth-order valence-electron chi connectivity index (χ4n) is 3.15. The van der Waals surface area contributed by atoms with E-state index in [1.54, 1.807) is 25.2 Å².